The molecule has 1 N–H and O–H groups in total. The average molecular weight is 368 g/mol. The Kier molecular flexibility index (Phi) is 5.05. The maximum Gasteiger partial charge on any atom is 0.270 e. The molecule has 1 aromatic carbocycles. The van der Waals surface area contributed by atoms with Gasteiger partial charge in [-0.3, -0.25) is 4.79 Å². The molecular formula is C20H24N4O3. The van der Waals surface area contributed by atoms with E-state index < -0.39 is 5.79 Å². The summed E-state index contributed by atoms with van der Waals surface area (Å²) in [4.78, 5) is 23.6. The van der Waals surface area contributed by atoms with Crippen LogP contribution in [0.2, 0.25) is 0 Å². The summed E-state index contributed by atoms with van der Waals surface area (Å²) < 4.78 is 11.6. The highest BCUT2D eigenvalue weighted by Gasteiger charge is 2.40. The molecule has 2 aromatic rings. The number of nitrogens with zero attached hydrogens (tertiary/aromatic N) is 3. The molecule has 1 amide bonds. The Bertz CT molecular complexity index is 796. The number of amides is 1. The highest BCUT2D eigenvalue weighted by molar-refractivity contribution is 5.92. The minimum absolute atomic E-state index is 0.193. The van der Waals surface area contributed by atoms with Gasteiger partial charge in [0.15, 0.2) is 5.79 Å². The van der Waals surface area contributed by atoms with Crippen molar-refractivity contribution in [2.75, 3.05) is 31.2 Å². The lowest BCUT2D eigenvalue weighted by atomic mass is 10.0. The number of hydrogen-bond acceptors (Lipinski definition) is 6. The Labute approximate surface area is 158 Å². The van der Waals surface area contributed by atoms with Crippen LogP contribution >= 0.6 is 0 Å². The Morgan fingerprint density at radius 3 is 2.56 bits per heavy atom. The van der Waals surface area contributed by atoms with Crippen molar-refractivity contribution in [2.24, 2.45) is 0 Å². The van der Waals surface area contributed by atoms with Crippen LogP contribution in [0.5, 0.6) is 0 Å². The van der Waals surface area contributed by atoms with Crippen molar-refractivity contribution in [3.05, 3.63) is 53.5 Å². The van der Waals surface area contributed by atoms with E-state index in [0.29, 0.717) is 31.3 Å². The molecule has 2 aliphatic rings. The molecule has 0 unspecified atom stereocenters. The molecular weight excluding hydrogens is 344 g/mol. The van der Waals surface area contributed by atoms with Crippen LogP contribution < -0.4 is 10.2 Å². The smallest absolute Gasteiger partial charge is 0.270 e. The summed E-state index contributed by atoms with van der Waals surface area (Å²) in [6, 6.07) is 11.6. The molecule has 0 bridgehead atoms. The van der Waals surface area contributed by atoms with E-state index in [0.717, 1.165) is 37.3 Å². The molecule has 0 aliphatic carbocycles. The van der Waals surface area contributed by atoms with Crippen LogP contribution in [0.3, 0.4) is 0 Å². The van der Waals surface area contributed by atoms with Crippen molar-refractivity contribution in [3.63, 3.8) is 0 Å². The molecule has 1 spiro atoms. The molecule has 0 atom stereocenters. The van der Waals surface area contributed by atoms with Crippen LogP contribution in [-0.4, -0.2) is 48.0 Å². The summed E-state index contributed by atoms with van der Waals surface area (Å²) in [5.41, 5.74) is 1.44. The predicted molar refractivity (Wildman–Crippen MR) is 100 cm³/mol. The largest absolute Gasteiger partial charge is 0.356 e. The van der Waals surface area contributed by atoms with Gasteiger partial charge in [0.1, 0.15) is 17.3 Å². The summed E-state index contributed by atoms with van der Waals surface area (Å²) in [6.07, 6.45) is 1.59. The van der Waals surface area contributed by atoms with Crippen molar-refractivity contribution in [2.45, 2.75) is 32.1 Å². The monoisotopic (exact) mass is 368 g/mol. The van der Waals surface area contributed by atoms with Crippen LogP contribution in [0.4, 0.5) is 5.82 Å². The van der Waals surface area contributed by atoms with E-state index in [-0.39, 0.29) is 5.91 Å². The van der Waals surface area contributed by atoms with Crippen molar-refractivity contribution >= 4 is 11.7 Å². The van der Waals surface area contributed by atoms with Gasteiger partial charge >= 0.3 is 0 Å². The summed E-state index contributed by atoms with van der Waals surface area (Å²) in [6.45, 7) is 5.17. The molecule has 27 heavy (non-hydrogen) atoms. The van der Waals surface area contributed by atoms with Gasteiger partial charge in [0.25, 0.3) is 5.91 Å². The average Bonchev–Trinajstić information content (AvgIpc) is 3.15. The number of aromatic nitrogens is 2. The van der Waals surface area contributed by atoms with E-state index in [1.54, 1.807) is 6.07 Å². The quantitative estimate of drug-likeness (QED) is 0.890. The fourth-order valence-corrected chi connectivity index (χ4v) is 3.56. The SMILES string of the molecule is Cc1nc(C(=O)NCc2ccccc2)cc(N2CCC3(CC2)OCCO3)n1. The first-order chi connectivity index (χ1) is 13.1. The lowest BCUT2D eigenvalue weighted by Gasteiger charge is -2.38. The molecule has 2 aliphatic heterocycles. The fourth-order valence-electron chi connectivity index (χ4n) is 3.56. The Balaban J connectivity index is 1.42. The summed E-state index contributed by atoms with van der Waals surface area (Å²) in [5, 5.41) is 2.92. The number of benzene rings is 1. The number of carbonyl (C=O) groups is 1. The van der Waals surface area contributed by atoms with Crippen LogP contribution in [-0.2, 0) is 16.0 Å². The third-order valence-electron chi connectivity index (χ3n) is 5.02. The summed E-state index contributed by atoms with van der Waals surface area (Å²) in [7, 11) is 0. The second-order valence-corrected chi connectivity index (χ2v) is 6.92. The van der Waals surface area contributed by atoms with Gasteiger partial charge in [0.05, 0.1) is 13.2 Å². The van der Waals surface area contributed by atoms with Gasteiger partial charge in [0, 0.05) is 38.5 Å². The Hall–Kier alpha value is -2.51. The number of carbonyl (C=O) groups excluding carboxylic acids is 1. The molecule has 7 nitrogen and oxygen atoms in total. The van der Waals surface area contributed by atoms with E-state index in [2.05, 4.69) is 20.2 Å². The number of nitrogens with one attached hydrogen (secondary N) is 1. The van der Waals surface area contributed by atoms with Gasteiger partial charge in [-0.2, -0.15) is 0 Å². The van der Waals surface area contributed by atoms with E-state index in [9.17, 15) is 4.79 Å². The number of piperidine rings is 1. The van der Waals surface area contributed by atoms with Gasteiger partial charge in [-0.05, 0) is 12.5 Å². The highest BCUT2D eigenvalue weighted by Crippen LogP contribution is 2.32. The zero-order chi connectivity index (χ0) is 18.7. The molecule has 142 valence electrons. The van der Waals surface area contributed by atoms with E-state index in [1.807, 2.05) is 37.3 Å². The van der Waals surface area contributed by atoms with Crippen molar-refractivity contribution in [1.82, 2.24) is 15.3 Å². The molecule has 3 heterocycles. The topological polar surface area (TPSA) is 76.6 Å². The van der Waals surface area contributed by atoms with E-state index in [4.69, 9.17) is 9.47 Å². The Morgan fingerprint density at radius 2 is 1.85 bits per heavy atom. The first-order valence-electron chi connectivity index (χ1n) is 9.34. The van der Waals surface area contributed by atoms with Crippen molar-refractivity contribution < 1.29 is 14.3 Å². The molecule has 0 radical (unpaired) electrons. The Morgan fingerprint density at radius 1 is 1.15 bits per heavy atom. The molecule has 1 aromatic heterocycles. The van der Waals surface area contributed by atoms with Crippen LogP contribution in [0.1, 0.15) is 34.7 Å². The number of aryl methyl sites for hydroxylation is 1. The lowest BCUT2D eigenvalue weighted by Crippen LogP contribution is -2.45. The lowest BCUT2D eigenvalue weighted by molar-refractivity contribution is -0.169. The molecule has 0 saturated carbocycles. The molecule has 4 rings (SSSR count). The standard InChI is InChI=1S/C20H24N4O3/c1-15-22-17(19(25)21-14-16-5-3-2-4-6-16)13-18(23-15)24-9-7-20(8-10-24)26-11-12-27-20/h2-6,13H,7-12,14H2,1H3,(H,21,25). The van der Waals surface area contributed by atoms with Crippen LogP contribution in [0.25, 0.3) is 0 Å². The number of ether oxygens (including phenoxy) is 2. The van der Waals surface area contributed by atoms with E-state index in [1.165, 1.54) is 0 Å². The predicted octanol–water partition coefficient (Wildman–Crippen LogP) is 2.06. The normalized spacial score (nSPS) is 18.6. The van der Waals surface area contributed by atoms with Gasteiger partial charge in [0.2, 0.25) is 0 Å². The first kappa shape index (κ1) is 17.9. The van der Waals surface area contributed by atoms with Crippen molar-refractivity contribution in [3.8, 4) is 0 Å². The number of rotatable bonds is 4. The highest BCUT2D eigenvalue weighted by atomic mass is 16.7. The summed E-state index contributed by atoms with van der Waals surface area (Å²) >= 11 is 0. The van der Waals surface area contributed by atoms with Crippen molar-refractivity contribution in [1.29, 1.82) is 0 Å². The number of hydrogen-bond donors (Lipinski definition) is 1. The molecule has 2 fully saturated rings. The summed E-state index contributed by atoms with van der Waals surface area (Å²) in [5.74, 6) is 0.752. The van der Waals surface area contributed by atoms with Crippen LogP contribution in [0.15, 0.2) is 36.4 Å². The zero-order valence-corrected chi connectivity index (χ0v) is 15.5. The first-order valence-corrected chi connectivity index (χ1v) is 9.34. The minimum Gasteiger partial charge on any atom is -0.356 e. The fraction of sp³-hybridized carbons (Fsp3) is 0.450. The van der Waals surface area contributed by atoms with Gasteiger partial charge in [-0.1, -0.05) is 30.3 Å². The molecule has 7 heteroatoms. The zero-order valence-electron chi connectivity index (χ0n) is 15.5. The third-order valence-corrected chi connectivity index (χ3v) is 5.02. The van der Waals surface area contributed by atoms with Gasteiger partial charge in [-0.15, -0.1) is 0 Å². The van der Waals surface area contributed by atoms with Gasteiger partial charge < -0.3 is 19.7 Å². The second-order valence-electron chi connectivity index (χ2n) is 6.92. The van der Waals surface area contributed by atoms with Crippen LogP contribution in [0, 0.1) is 6.92 Å². The maximum absolute atomic E-state index is 12.5. The maximum atomic E-state index is 12.5. The molecule has 2 saturated heterocycles. The minimum atomic E-state index is -0.422. The van der Waals surface area contributed by atoms with E-state index >= 15 is 0 Å². The second kappa shape index (κ2) is 7.62. The number of anilines is 1. The third kappa shape index (κ3) is 4.09. The van der Waals surface area contributed by atoms with Gasteiger partial charge in [-0.25, -0.2) is 9.97 Å².